The molecular weight excluding hydrogens is 256 g/mol. The van der Waals surface area contributed by atoms with E-state index in [4.69, 9.17) is 4.84 Å². The van der Waals surface area contributed by atoms with Crippen LogP contribution in [0.1, 0.15) is 36.7 Å². The van der Waals surface area contributed by atoms with Gasteiger partial charge >= 0.3 is 0 Å². The second-order valence-corrected chi connectivity index (χ2v) is 4.96. The van der Waals surface area contributed by atoms with Crippen molar-refractivity contribution in [1.29, 1.82) is 0 Å². The molecule has 5 nitrogen and oxygen atoms in total. The van der Waals surface area contributed by atoms with Gasteiger partial charge in [-0.2, -0.15) is 0 Å². The first kappa shape index (κ1) is 16.2. The molecule has 1 aromatic rings. The van der Waals surface area contributed by atoms with Crippen molar-refractivity contribution in [3.63, 3.8) is 0 Å². The van der Waals surface area contributed by atoms with Crippen molar-refractivity contribution in [1.82, 2.24) is 10.8 Å². The van der Waals surface area contributed by atoms with Gasteiger partial charge in [-0.3, -0.25) is 14.4 Å². The number of hydrogen-bond donors (Lipinski definition) is 2. The molecule has 5 heteroatoms. The van der Waals surface area contributed by atoms with E-state index in [1.165, 1.54) is 0 Å². The summed E-state index contributed by atoms with van der Waals surface area (Å²) in [5, 5.41) is 2.74. The summed E-state index contributed by atoms with van der Waals surface area (Å²) in [4.78, 5) is 29.0. The van der Waals surface area contributed by atoms with Crippen LogP contribution in [0.25, 0.3) is 0 Å². The van der Waals surface area contributed by atoms with E-state index in [1.54, 1.807) is 19.1 Å². The second kappa shape index (κ2) is 7.65. The van der Waals surface area contributed by atoms with Gasteiger partial charge < -0.3 is 5.32 Å². The molecule has 1 unspecified atom stereocenters. The minimum Gasteiger partial charge on any atom is -0.340 e. The summed E-state index contributed by atoms with van der Waals surface area (Å²) in [6.07, 6.45) is 0. The number of rotatable bonds is 6. The van der Waals surface area contributed by atoms with Gasteiger partial charge in [0.1, 0.15) is 6.04 Å². The fourth-order valence-corrected chi connectivity index (χ4v) is 1.75. The molecule has 110 valence electrons. The first-order valence-corrected chi connectivity index (χ1v) is 6.74. The highest BCUT2D eigenvalue weighted by molar-refractivity contribution is 5.97. The minimum absolute atomic E-state index is 0.0378. The summed E-state index contributed by atoms with van der Waals surface area (Å²) in [6.45, 7) is 7.80. The van der Waals surface area contributed by atoms with Crippen molar-refractivity contribution >= 4 is 11.8 Å². The van der Waals surface area contributed by atoms with Crippen LogP contribution in [0.15, 0.2) is 24.3 Å². The summed E-state index contributed by atoms with van der Waals surface area (Å²) in [7, 11) is 0. The average Bonchev–Trinajstić information content (AvgIpc) is 2.41. The molecule has 2 N–H and O–H groups in total. The Morgan fingerprint density at radius 2 is 2.00 bits per heavy atom. The Bertz CT molecular complexity index is 472. The van der Waals surface area contributed by atoms with Gasteiger partial charge in [0.25, 0.3) is 11.8 Å². The fourth-order valence-electron chi connectivity index (χ4n) is 1.75. The molecule has 1 atom stereocenters. The zero-order valence-corrected chi connectivity index (χ0v) is 12.4. The molecule has 0 radical (unpaired) electrons. The topological polar surface area (TPSA) is 67.4 Å². The lowest BCUT2D eigenvalue weighted by Crippen LogP contribution is -2.49. The number of hydroxylamine groups is 1. The molecule has 0 fully saturated rings. The lowest BCUT2D eigenvalue weighted by Gasteiger charge is -2.21. The Morgan fingerprint density at radius 3 is 2.55 bits per heavy atom. The van der Waals surface area contributed by atoms with Gasteiger partial charge in [0.2, 0.25) is 0 Å². The molecule has 2 amide bonds. The van der Waals surface area contributed by atoms with Gasteiger partial charge in [-0.25, -0.2) is 5.48 Å². The molecule has 0 bridgehead atoms. The minimum atomic E-state index is -0.630. The van der Waals surface area contributed by atoms with Crippen LogP contribution in [0.4, 0.5) is 0 Å². The second-order valence-electron chi connectivity index (χ2n) is 4.96. The maximum Gasteiger partial charge on any atom is 0.266 e. The lowest BCUT2D eigenvalue weighted by atomic mass is 10.0. The van der Waals surface area contributed by atoms with Gasteiger partial charge in [-0.15, -0.1) is 0 Å². The smallest absolute Gasteiger partial charge is 0.266 e. The zero-order valence-electron chi connectivity index (χ0n) is 12.4. The van der Waals surface area contributed by atoms with Crippen molar-refractivity contribution in [2.24, 2.45) is 5.92 Å². The molecule has 0 aromatic heterocycles. The summed E-state index contributed by atoms with van der Waals surface area (Å²) in [5.41, 5.74) is 3.87. The molecular formula is C15H22N2O3. The van der Waals surface area contributed by atoms with Crippen LogP contribution >= 0.6 is 0 Å². The van der Waals surface area contributed by atoms with Gasteiger partial charge in [0.05, 0.1) is 6.61 Å². The Balaban J connectivity index is 2.75. The first-order valence-electron chi connectivity index (χ1n) is 6.74. The predicted octanol–water partition coefficient (Wildman–Crippen LogP) is 1.82. The monoisotopic (exact) mass is 278 g/mol. The quantitative estimate of drug-likeness (QED) is 0.780. The first-order chi connectivity index (χ1) is 9.45. The van der Waals surface area contributed by atoms with E-state index in [9.17, 15) is 9.59 Å². The van der Waals surface area contributed by atoms with E-state index in [1.807, 2.05) is 32.9 Å². The average molecular weight is 278 g/mol. The van der Waals surface area contributed by atoms with E-state index >= 15 is 0 Å². The highest BCUT2D eigenvalue weighted by Gasteiger charge is 2.24. The number of hydrogen-bond acceptors (Lipinski definition) is 3. The number of aryl methyl sites for hydroxylation is 1. The maximum atomic E-state index is 12.2. The maximum absolute atomic E-state index is 12.2. The van der Waals surface area contributed by atoms with Gasteiger partial charge in [-0.05, 0) is 31.9 Å². The van der Waals surface area contributed by atoms with Crippen molar-refractivity contribution in [2.45, 2.75) is 33.7 Å². The summed E-state index contributed by atoms with van der Waals surface area (Å²) in [6, 6.07) is 6.61. The van der Waals surface area contributed by atoms with E-state index in [2.05, 4.69) is 10.8 Å². The van der Waals surface area contributed by atoms with Crippen LogP contribution in [0.5, 0.6) is 0 Å². The third-order valence-electron chi connectivity index (χ3n) is 2.83. The number of nitrogens with one attached hydrogen (secondary N) is 2. The Morgan fingerprint density at radius 1 is 1.30 bits per heavy atom. The fraction of sp³-hybridized carbons (Fsp3) is 0.467. The van der Waals surface area contributed by atoms with E-state index in [-0.39, 0.29) is 17.7 Å². The van der Waals surface area contributed by atoms with Crippen molar-refractivity contribution in [3.05, 3.63) is 35.4 Å². The van der Waals surface area contributed by atoms with E-state index in [0.29, 0.717) is 12.2 Å². The zero-order chi connectivity index (χ0) is 15.1. The Labute approximate surface area is 119 Å². The van der Waals surface area contributed by atoms with Gasteiger partial charge in [0.15, 0.2) is 0 Å². The molecule has 0 heterocycles. The van der Waals surface area contributed by atoms with Crippen LogP contribution in [0.2, 0.25) is 0 Å². The third kappa shape index (κ3) is 4.66. The van der Waals surface area contributed by atoms with Crippen LogP contribution in [0, 0.1) is 12.8 Å². The van der Waals surface area contributed by atoms with Crippen molar-refractivity contribution < 1.29 is 14.4 Å². The van der Waals surface area contributed by atoms with Crippen molar-refractivity contribution in [3.8, 4) is 0 Å². The molecule has 0 aliphatic heterocycles. The van der Waals surface area contributed by atoms with Crippen molar-refractivity contribution in [2.75, 3.05) is 6.61 Å². The SMILES string of the molecule is CCONC(=O)C(NC(=O)c1cccc(C)c1)C(C)C. The predicted molar refractivity (Wildman–Crippen MR) is 77.0 cm³/mol. The standard InChI is InChI=1S/C15H22N2O3/c1-5-20-17-15(19)13(10(2)3)16-14(18)12-8-6-7-11(4)9-12/h6-10,13H,5H2,1-4H3,(H,16,18)(H,17,19). The van der Waals surface area contributed by atoms with Crippen LogP contribution in [-0.4, -0.2) is 24.5 Å². The summed E-state index contributed by atoms with van der Waals surface area (Å²) >= 11 is 0. The van der Waals surface area contributed by atoms with Gasteiger partial charge in [-0.1, -0.05) is 31.5 Å². The summed E-state index contributed by atoms with van der Waals surface area (Å²) in [5.74, 6) is -0.647. The highest BCUT2D eigenvalue weighted by Crippen LogP contribution is 2.07. The van der Waals surface area contributed by atoms with Gasteiger partial charge in [0, 0.05) is 5.56 Å². The molecule has 1 aromatic carbocycles. The van der Waals surface area contributed by atoms with Crippen LogP contribution in [0.3, 0.4) is 0 Å². The van der Waals surface area contributed by atoms with E-state index in [0.717, 1.165) is 5.56 Å². The van der Waals surface area contributed by atoms with Crippen LogP contribution in [-0.2, 0) is 9.63 Å². The van der Waals surface area contributed by atoms with E-state index < -0.39 is 6.04 Å². The molecule has 20 heavy (non-hydrogen) atoms. The number of carbonyl (C=O) groups excluding carboxylic acids is 2. The molecule has 1 rings (SSSR count). The highest BCUT2D eigenvalue weighted by atomic mass is 16.6. The lowest BCUT2D eigenvalue weighted by molar-refractivity contribution is -0.136. The number of benzene rings is 1. The Hall–Kier alpha value is -1.88. The Kier molecular flexibility index (Phi) is 6.18. The third-order valence-corrected chi connectivity index (χ3v) is 2.83. The normalized spacial score (nSPS) is 12.1. The largest absolute Gasteiger partial charge is 0.340 e. The van der Waals surface area contributed by atoms with Crippen LogP contribution < -0.4 is 10.8 Å². The number of carbonyl (C=O) groups is 2. The molecule has 0 spiro atoms. The molecule has 0 saturated heterocycles. The molecule has 0 saturated carbocycles. The molecule has 0 aliphatic rings. The summed E-state index contributed by atoms with van der Waals surface area (Å²) < 4.78 is 0. The molecule has 0 aliphatic carbocycles. The number of amides is 2.